The number of phenols is 1. The molecule has 4 rings (SSSR count). The molecular formula is C41H49N7O11. The first-order valence-electron chi connectivity index (χ1n) is 18.9. The van der Waals surface area contributed by atoms with Crippen molar-refractivity contribution in [1.82, 2.24) is 37.2 Å². The number of phenolic OH excluding ortho intramolecular Hbond substituents is 1. The Bertz CT molecular complexity index is 2010. The van der Waals surface area contributed by atoms with E-state index >= 15 is 0 Å². The number of carbonyl (C=O) groups is 8. The lowest BCUT2D eigenvalue weighted by Gasteiger charge is -2.24. The second-order valence-corrected chi connectivity index (χ2v) is 14.2. The lowest BCUT2D eigenvalue weighted by atomic mass is 9.98. The van der Waals surface area contributed by atoms with Crippen LogP contribution in [-0.2, 0) is 44.7 Å². The number of carboxylic acids is 1. The Labute approximate surface area is 340 Å². The molecule has 6 atom stereocenters. The summed E-state index contributed by atoms with van der Waals surface area (Å²) < 4.78 is 5.51. The maximum Gasteiger partial charge on any atom is 0.407 e. The van der Waals surface area contributed by atoms with Gasteiger partial charge in [-0.15, -0.1) is 0 Å². The van der Waals surface area contributed by atoms with Crippen LogP contribution in [0.4, 0.5) is 4.79 Å². The third-order valence-electron chi connectivity index (χ3n) is 9.50. The Morgan fingerprint density at radius 1 is 0.559 bits per heavy atom. The number of amides is 7. The molecule has 0 heterocycles. The summed E-state index contributed by atoms with van der Waals surface area (Å²) in [6.07, 6.45) is -0.921. The summed E-state index contributed by atoms with van der Waals surface area (Å²) in [6, 6.07) is 14.4. The van der Waals surface area contributed by atoms with Gasteiger partial charge in [-0.3, -0.25) is 33.6 Å². The van der Waals surface area contributed by atoms with Gasteiger partial charge in [0.05, 0.1) is 0 Å². The van der Waals surface area contributed by atoms with Crippen molar-refractivity contribution in [2.75, 3.05) is 13.2 Å². The van der Waals surface area contributed by atoms with Gasteiger partial charge in [0.15, 0.2) is 0 Å². The van der Waals surface area contributed by atoms with Crippen LogP contribution in [0.15, 0.2) is 72.8 Å². The van der Waals surface area contributed by atoms with Crippen molar-refractivity contribution in [1.29, 1.82) is 0 Å². The standard InChI is InChI=1S/C41H49N7O11/c1-21(35(52)42-19-34(50)51)43-37(54)23(3)46-40(57)33(18-26-14-16-27(49)17-15-26)48-39(56)24(4)45-36(53)22(2)44-38(55)25(5)47-41(58)59-20-32-30-12-8-6-10-28(30)29-11-7-9-13-31(29)32/h6-17,21-25,32-33,49H,18-20H2,1-5H3,(H,42,52)(H,43,54)(H,44,55)(H,45,53)(H,46,57)(H,47,58)(H,48,56)(H,50,51)/t21-,22-,23-,24-,25-,33-/m0/s1. The van der Waals surface area contributed by atoms with Gasteiger partial charge < -0.3 is 52.2 Å². The summed E-state index contributed by atoms with van der Waals surface area (Å²) in [4.78, 5) is 101. The molecule has 0 saturated heterocycles. The van der Waals surface area contributed by atoms with Gasteiger partial charge >= 0.3 is 12.1 Å². The molecule has 3 aromatic rings. The number of benzene rings is 3. The van der Waals surface area contributed by atoms with Gasteiger partial charge in [-0.25, -0.2) is 4.79 Å². The zero-order chi connectivity index (χ0) is 43.4. The van der Waals surface area contributed by atoms with E-state index in [1.165, 1.54) is 58.9 Å². The molecule has 1 aliphatic rings. The first-order chi connectivity index (χ1) is 27.9. The highest BCUT2D eigenvalue weighted by Crippen LogP contribution is 2.44. The summed E-state index contributed by atoms with van der Waals surface area (Å²) in [5.74, 6) is -6.06. The molecule has 314 valence electrons. The van der Waals surface area contributed by atoms with Crippen molar-refractivity contribution < 1.29 is 53.3 Å². The highest BCUT2D eigenvalue weighted by molar-refractivity contribution is 5.97. The van der Waals surface area contributed by atoms with Gasteiger partial charge in [-0.2, -0.15) is 0 Å². The van der Waals surface area contributed by atoms with Crippen molar-refractivity contribution in [3.05, 3.63) is 89.5 Å². The third kappa shape index (κ3) is 12.5. The molecule has 9 N–H and O–H groups in total. The van der Waals surface area contributed by atoms with Crippen LogP contribution in [0, 0.1) is 0 Å². The van der Waals surface area contributed by atoms with Crippen molar-refractivity contribution >= 4 is 47.5 Å². The zero-order valence-corrected chi connectivity index (χ0v) is 33.2. The SMILES string of the molecule is C[C@H](NC(=O)OCC1c2ccccc2-c2ccccc21)C(=O)N[C@@H](C)C(=O)N[C@@H](C)C(=O)N[C@@H](Cc1ccc(O)cc1)C(=O)N[C@@H](C)C(=O)N[C@@H](C)C(=O)NCC(=O)O. The van der Waals surface area contributed by atoms with E-state index in [1.54, 1.807) is 0 Å². The topological polar surface area (TPSA) is 270 Å². The molecule has 0 bridgehead atoms. The van der Waals surface area contributed by atoms with Crippen molar-refractivity contribution in [2.24, 2.45) is 0 Å². The summed E-state index contributed by atoms with van der Waals surface area (Å²) in [5, 5.41) is 35.4. The number of hydrogen-bond donors (Lipinski definition) is 9. The fourth-order valence-corrected chi connectivity index (χ4v) is 6.16. The van der Waals surface area contributed by atoms with Crippen LogP contribution in [0.5, 0.6) is 5.75 Å². The number of nitrogens with one attached hydrogen (secondary N) is 7. The number of carbonyl (C=O) groups excluding carboxylic acids is 7. The van der Waals surface area contributed by atoms with Crippen molar-refractivity contribution in [3.8, 4) is 16.9 Å². The average Bonchev–Trinajstić information content (AvgIpc) is 3.52. The zero-order valence-electron chi connectivity index (χ0n) is 33.2. The van der Waals surface area contributed by atoms with Crippen LogP contribution in [-0.4, -0.2) is 107 Å². The van der Waals surface area contributed by atoms with E-state index in [9.17, 15) is 43.5 Å². The van der Waals surface area contributed by atoms with E-state index in [1.807, 2.05) is 48.5 Å². The average molecular weight is 816 g/mol. The van der Waals surface area contributed by atoms with Crippen molar-refractivity contribution in [3.63, 3.8) is 0 Å². The van der Waals surface area contributed by atoms with Gasteiger partial charge in [-0.1, -0.05) is 60.7 Å². The van der Waals surface area contributed by atoms with Gasteiger partial charge in [0.1, 0.15) is 55.2 Å². The monoisotopic (exact) mass is 815 g/mol. The molecule has 7 amide bonds. The molecule has 0 aliphatic heterocycles. The second kappa shape index (κ2) is 20.4. The number of aliphatic carboxylic acids is 1. The Hall–Kier alpha value is -6.98. The molecule has 0 aromatic heterocycles. The Morgan fingerprint density at radius 2 is 0.983 bits per heavy atom. The van der Waals surface area contributed by atoms with E-state index in [0.717, 1.165) is 22.3 Å². The second-order valence-electron chi connectivity index (χ2n) is 14.2. The molecule has 1 aliphatic carbocycles. The molecule has 0 radical (unpaired) electrons. The Morgan fingerprint density at radius 3 is 1.47 bits per heavy atom. The fourth-order valence-electron chi connectivity index (χ4n) is 6.16. The number of alkyl carbamates (subject to hydrolysis) is 1. The Balaban J connectivity index is 1.28. The minimum absolute atomic E-state index is 0.0365. The molecule has 3 aromatic carbocycles. The smallest absolute Gasteiger partial charge is 0.407 e. The number of ether oxygens (including phenoxy) is 1. The maximum absolute atomic E-state index is 13.4. The van der Waals surface area contributed by atoms with Gasteiger partial charge in [0.2, 0.25) is 35.4 Å². The van der Waals surface area contributed by atoms with Gasteiger partial charge in [-0.05, 0) is 74.6 Å². The summed E-state index contributed by atoms with van der Waals surface area (Å²) in [6.45, 7) is 6.19. The van der Waals surface area contributed by atoms with Gasteiger partial charge in [0.25, 0.3) is 0 Å². The number of hydrogen-bond acceptors (Lipinski definition) is 10. The quantitative estimate of drug-likeness (QED) is 0.0857. The van der Waals surface area contributed by atoms with Crippen LogP contribution in [0.3, 0.4) is 0 Å². The Kier molecular flexibility index (Phi) is 15.5. The minimum Gasteiger partial charge on any atom is -0.508 e. The highest BCUT2D eigenvalue weighted by atomic mass is 16.5. The van der Waals surface area contributed by atoms with Crippen molar-refractivity contribution in [2.45, 2.75) is 83.2 Å². The molecule has 0 spiro atoms. The van der Waals surface area contributed by atoms with E-state index in [4.69, 9.17) is 9.84 Å². The maximum atomic E-state index is 13.4. The molecule has 18 nitrogen and oxygen atoms in total. The van der Waals surface area contributed by atoms with E-state index in [-0.39, 0.29) is 24.7 Å². The molecule has 18 heteroatoms. The largest absolute Gasteiger partial charge is 0.508 e. The van der Waals surface area contributed by atoms with Crippen LogP contribution < -0.4 is 37.2 Å². The predicted molar refractivity (Wildman–Crippen MR) is 212 cm³/mol. The number of carboxylic acid groups (broad SMARTS) is 1. The summed E-state index contributed by atoms with van der Waals surface area (Å²) in [7, 11) is 0. The van der Waals surface area contributed by atoms with Crippen LogP contribution in [0.2, 0.25) is 0 Å². The van der Waals surface area contributed by atoms with Gasteiger partial charge in [0, 0.05) is 12.3 Å². The van der Waals surface area contributed by atoms with Crippen LogP contribution >= 0.6 is 0 Å². The normalized spacial score (nSPS) is 14.6. The third-order valence-corrected chi connectivity index (χ3v) is 9.50. The van der Waals surface area contributed by atoms with Crippen LogP contribution in [0.1, 0.15) is 57.2 Å². The number of rotatable bonds is 18. The van der Waals surface area contributed by atoms with Crippen LogP contribution in [0.25, 0.3) is 11.1 Å². The number of fused-ring (bicyclic) bond motifs is 3. The molecular weight excluding hydrogens is 766 g/mol. The molecule has 59 heavy (non-hydrogen) atoms. The summed E-state index contributed by atoms with van der Waals surface area (Å²) >= 11 is 0. The molecule has 0 unspecified atom stereocenters. The molecule has 0 saturated carbocycles. The fraction of sp³-hybridized carbons (Fsp3) is 0.366. The molecule has 0 fully saturated rings. The first kappa shape index (κ1) is 44.7. The predicted octanol–water partition coefficient (Wildman–Crippen LogP) is 0.566. The first-order valence-corrected chi connectivity index (χ1v) is 18.9. The lowest BCUT2D eigenvalue weighted by molar-refractivity contribution is -0.138. The summed E-state index contributed by atoms with van der Waals surface area (Å²) in [5.41, 5.74) is 4.70. The van der Waals surface area contributed by atoms with E-state index < -0.39 is 90.3 Å². The van der Waals surface area contributed by atoms with E-state index in [2.05, 4.69) is 37.2 Å². The lowest BCUT2D eigenvalue weighted by Crippen LogP contribution is -2.58. The highest BCUT2D eigenvalue weighted by Gasteiger charge is 2.31. The minimum atomic E-state index is -1.29. The van der Waals surface area contributed by atoms with E-state index in [0.29, 0.717) is 5.56 Å². The number of aromatic hydroxyl groups is 1.